The normalized spacial score (nSPS) is 11.8. The zero-order chi connectivity index (χ0) is 8.15. The molecule has 0 heterocycles. The Kier molecular flexibility index (Phi) is 3.06. The molecule has 0 atom stereocenters. The minimum atomic E-state index is -1.28. The van der Waals surface area contributed by atoms with Crippen LogP contribution in [0.4, 0.5) is 0 Å². The predicted molar refractivity (Wildman–Crippen MR) is 33.7 cm³/mol. The lowest BCUT2D eigenvalue weighted by molar-refractivity contribution is -0.133. The van der Waals surface area contributed by atoms with Crippen molar-refractivity contribution in [1.29, 1.82) is 0 Å². The highest BCUT2D eigenvalue weighted by Crippen LogP contribution is 1.90. The summed E-state index contributed by atoms with van der Waals surface area (Å²) in [4.78, 5) is 10.2. The van der Waals surface area contributed by atoms with E-state index in [-0.39, 0.29) is 5.70 Å². The quantitative estimate of drug-likeness (QED) is 0.144. The van der Waals surface area contributed by atoms with Crippen LogP contribution >= 0.6 is 0 Å². The van der Waals surface area contributed by atoms with E-state index < -0.39 is 11.9 Å². The molecule has 0 amide bonds. The highest BCUT2D eigenvalue weighted by molar-refractivity contribution is 5.86. The zero-order valence-electron chi connectivity index (χ0n) is 5.38. The Morgan fingerprint density at radius 1 is 1.50 bits per heavy atom. The first-order chi connectivity index (χ1) is 4.63. The van der Waals surface area contributed by atoms with Gasteiger partial charge in [-0.2, -0.15) is 0 Å². The molecule has 0 aromatic heterocycles. The molecule has 0 bridgehead atoms. The number of carboxylic acids is 1. The van der Waals surface area contributed by atoms with Gasteiger partial charge < -0.3 is 15.5 Å². The van der Waals surface area contributed by atoms with Gasteiger partial charge in [0.25, 0.3) is 0 Å². The van der Waals surface area contributed by atoms with Gasteiger partial charge >= 0.3 is 5.97 Å². The van der Waals surface area contributed by atoms with E-state index in [0.717, 1.165) is 0 Å². The molecular weight excluding hydrogens is 138 g/mol. The van der Waals surface area contributed by atoms with Gasteiger partial charge in [0.1, 0.15) is 0 Å². The molecule has 0 fully saturated rings. The van der Waals surface area contributed by atoms with Crippen molar-refractivity contribution in [3.8, 4) is 0 Å². The number of aliphatic hydroxyl groups excluding tert-OH is 1. The van der Waals surface area contributed by atoms with E-state index in [1.54, 1.807) is 5.43 Å². The molecule has 0 unspecified atom stereocenters. The molecule has 0 aliphatic heterocycles. The predicted octanol–water partition coefficient (Wildman–Crippen LogP) is -1.52. The summed E-state index contributed by atoms with van der Waals surface area (Å²) in [7, 11) is 1.36. The number of aliphatic carboxylic acids is 1. The number of hydrazine groups is 1. The van der Waals surface area contributed by atoms with Crippen LogP contribution in [0.2, 0.25) is 0 Å². The third kappa shape index (κ3) is 1.82. The molecule has 6 nitrogen and oxygen atoms in total. The first-order valence-electron chi connectivity index (χ1n) is 2.44. The number of nitrogens with one attached hydrogen (secondary N) is 2. The maximum absolute atomic E-state index is 10.2. The first kappa shape index (κ1) is 8.57. The summed E-state index contributed by atoms with van der Waals surface area (Å²) in [5, 5.41) is 19.2. The number of rotatable bonds is 3. The molecule has 0 aromatic rings. The van der Waals surface area contributed by atoms with E-state index in [1.165, 1.54) is 7.05 Å². The van der Waals surface area contributed by atoms with Gasteiger partial charge in [0, 0.05) is 7.05 Å². The van der Waals surface area contributed by atoms with Crippen molar-refractivity contribution in [2.24, 2.45) is 5.84 Å². The molecular formula is C4H9N3O3. The standard InChI is InChI=1S/C4H9N3O3/c1-6-2(4(9)10)3(8)7-5/h6-8H,5H2,1H3,(H,9,10)/b3-2+. The average molecular weight is 147 g/mol. The summed E-state index contributed by atoms with van der Waals surface area (Å²) >= 11 is 0. The zero-order valence-corrected chi connectivity index (χ0v) is 5.38. The van der Waals surface area contributed by atoms with E-state index in [4.69, 9.17) is 16.1 Å². The van der Waals surface area contributed by atoms with Gasteiger partial charge in [-0.25, -0.2) is 10.6 Å². The van der Waals surface area contributed by atoms with Gasteiger partial charge in [0.05, 0.1) is 0 Å². The number of likely N-dealkylation sites (N-methyl/N-ethyl adjacent to an activating group) is 1. The number of nitrogens with two attached hydrogens (primary N) is 1. The van der Waals surface area contributed by atoms with Gasteiger partial charge in [-0.1, -0.05) is 0 Å². The second kappa shape index (κ2) is 3.57. The Morgan fingerprint density at radius 2 is 2.00 bits per heavy atom. The third-order valence-electron chi connectivity index (χ3n) is 0.837. The van der Waals surface area contributed by atoms with E-state index in [2.05, 4.69) is 5.32 Å². The van der Waals surface area contributed by atoms with Crippen molar-refractivity contribution in [3.63, 3.8) is 0 Å². The van der Waals surface area contributed by atoms with Gasteiger partial charge in [-0.05, 0) is 0 Å². The second-order valence-electron chi connectivity index (χ2n) is 1.42. The molecule has 0 aliphatic rings. The van der Waals surface area contributed by atoms with Crippen LogP contribution in [-0.4, -0.2) is 23.2 Å². The molecule has 0 saturated heterocycles. The number of hydrogen-bond acceptors (Lipinski definition) is 5. The largest absolute Gasteiger partial charge is 0.492 e. The van der Waals surface area contributed by atoms with Gasteiger partial charge in [-0.15, -0.1) is 0 Å². The van der Waals surface area contributed by atoms with E-state index in [1.807, 2.05) is 0 Å². The van der Waals surface area contributed by atoms with Crippen LogP contribution in [0, 0.1) is 0 Å². The summed E-state index contributed by atoms with van der Waals surface area (Å²) in [5.74, 6) is 2.84. The monoisotopic (exact) mass is 147 g/mol. The van der Waals surface area contributed by atoms with E-state index in [9.17, 15) is 4.79 Å². The fourth-order valence-corrected chi connectivity index (χ4v) is 0.399. The average Bonchev–Trinajstić information content (AvgIpc) is 1.88. The molecule has 0 radical (unpaired) electrons. The van der Waals surface area contributed by atoms with Gasteiger partial charge in [-0.3, -0.25) is 5.43 Å². The summed E-state index contributed by atoms with van der Waals surface area (Å²) in [6, 6.07) is 0. The SMILES string of the molecule is CN/C(C(=O)O)=C(/O)NN. The van der Waals surface area contributed by atoms with Crippen LogP contribution in [0.1, 0.15) is 0 Å². The lowest BCUT2D eigenvalue weighted by Gasteiger charge is -2.03. The van der Waals surface area contributed by atoms with E-state index >= 15 is 0 Å². The maximum atomic E-state index is 10.2. The van der Waals surface area contributed by atoms with Gasteiger partial charge in [0.2, 0.25) is 5.88 Å². The number of hydrogen-bond donors (Lipinski definition) is 5. The molecule has 0 rings (SSSR count). The molecule has 6 heteroatoms. The topological polar surface area (TPSA) is 108 Å². The Hall–Kier alpha value is -1.43. The summed E-state index contributed by atoms with van der Waals surface area (Å²) < 4.78 is 0. The fraction of sp³-hybridized carbons (Fsp3) is 0.250. The molecule has 0 aromatic carbocycles. The minimum absolute atomic E-state index is 0.373. The third-order valence-corrected chi connectivity index (χ3v) is 0.837. The van der Waals surface area contributed by atoms with Crippen LogP contribution in [0.3, 0.4) is 0 Å². The van der Waals surface area contributed by atoms with Gasteiger partial charge in [0.15, 0.2) is 5.70 Å². The van der Waals surface area contributed by atoms with Crippen molar-refractivity contribution >= 4 is 5.97 Å². The molecule has 0 spiro atoms. The maximum Gasteiger partial charge on any atom is 0.357 e. The molecule has 6 N–H and O–H groups in total. The lowest BCUT2D eigenvalue weighted by atomic mass is 10.4. The van der Waals surface area contributed by atoms with Crippen LogP contribution in [0.5, 0.6) is 0 Å². The van der Waals surface area contributed by atoms with Crippen LogP contribution in [-0.2, 0) is 4.79 Å². The number of carbonyl (C=O) groups is 1. The summed E-state index contributed by atoms with van der Waals surface area (Å²) in [6.07, 6.45) is 0. The Labute approximate surface area is 57.3 Å². The summed E-state index contributed by atoms with van der Waals surface area (Å²) in [5.41, 5.74) is 1.42. The number of aliphatic hydroxyl groups is 1. The molecule has 10 heavy (non-hydrogen) atoms. The smallest absolute Gasteiger partial charge is 0.357 e. The van der Waals surface area contributed by atoms with Crippen molar-refractivity contribution in [3.05, 3.63) is 11.6 Å². The molecule has 0 aliphatic carbocycles. The number of carboxylic acid groups (broad SMARTS) is 1. The lowest BCUT2D eigenvalue weighted by Crippen LogP contribution is -2.29. The molecule has 58 valence electrons. The van der Waals surface area contributed by atoms with Crippen LogP contribution < -0.4 is 16.6 Å². The highest BCUT2D eigenvalue weighted by atomic mass is 16.4. The fourth-order valence-electron chi connectivity index (χ4n) is 0.399. The van der Waals surface area contributed by atoms with Crippen molar-refractivity contribution in [1.82, 2.24) is 10.7 Å². The van der Waals surface area contributed by atoms with Crippen molar-refractivity contribution in [2.75, 3.05) is 7.05 Å². The molecule has 0 saturated carbocycles. The van der Waals surface area contributed by atoms with E-state index in [0.29, 0.717) is 0 Å². The van der Waals surface area contributed by atoms with Crippen molar-refractivity contribution < 1.29 is 15.0 Å². The first-order valence-corrected chi connectivity index (χ1v) is 2.44. The van der Waals surface area contributed by atoms with Crippen molar-refractivity contribution in [2.45, 2.75) is 0 Å². The summed E-state index contributed by atoms with van der Waals surface area (Å²) in [6.45, 7) is 0. The Balaban J connectivity index is 4.45. The Morgan fingerprint density at radius 3 is 2.10 bits per heavy atom. The Bertz CT molecular complexity index is 165. The van der Waals surface area contributed by atoms with Crippen LogP contribution in [0.25, 0.3) is 0 Å². The van der Waals surface area contributed by atoms with Crippen LogP contribution in [0.15, 0.2) is 11.6 Å². The minimum Gasteiger partial charge on any atom is -0.492 e. The highest BCUT2D eigenvalue weighted by Gasteiger charge is 2.09. The second-order valence-corrected chi connectivity index (χ2v) is 1.42.